The zero-order chi connectivity index (χ0) is 27.2. The van der Waals surface area contributed by atoms with E-state index in [-0.39, 0.29) is 23.4 Å². The first-order valence-corrected chi connectivity index (χ1v) is 11.9. The molecule has 9 nitrogen and oxygen atoms in total. The Labute approximate surface area is 219 Å². The number of pyridine rings is 1. The molecule has 0 radical (unpaired) electrons. The predicted molar refractivity (Wildman–Crippen MR) is 144 cm³/mol. The second kappa shape index (κ2) is 11.5. The Balaban J connectivity index is 1.73. The number of benzene rings is 3. The number of ether oxygens (including phenoxy) is 4. The number of hydrogen-bond donors (Lipinski definition) is 1. The summed E-state index contributed by atoms with van der Waals surface area (Å²) in [4.78, 5) is 39.9. The summed E-state index contributed by atoms with van der Waals surface area (Å²) >= 11 is 0. The minimum atomic E-state index is -0.463. The number of rotatable bonds is 10. The third kappa shape index (κ3) is 5.62. The Morgan fingerprint density at radius 1 is 0.816 bits per heavy atom. The van der Waals surface area contributed by atoms with Gasteiger partial charge in [-0.3, -0.25) is 14.4 Å². The zero-order valence-electron chi connectivity index (χ0n) is 21.6. The number of carbonyl (C=O) groups is 2. The minimum absolute atomic E-state index is 0.0641. The van der Waals surface area contributed by atoms with Gasteiger partial charge in [0.25, 0.3) is 0 Å². The fourth-order valence-electron chi connectivity index (χ4n) is 4.06. The van der Waals surface area contributed by atoms with Gasteiger partial charge in [-0.2, -0.15) is 0 Å². The molecule has 38 heavy (non-hydrogen) atoms. The van der Waals surface area contributed by atoms with E-state index in [1.807, 2.05) is 6.92 Å². The van der Waals surface area contributed by atoms with Crippen LogP contribution in [0.5, 0.6) is 23.0 Å². The number of fused-ring (bicyclic) bond motifs is 1. The van der Waals surface area contributed by atoms with Gasteiger partial charge < -0.3 is 28.8 Å². The summed E-state index contributed by atoms with van der Waals surface area (Å²) in [6.07, 6.45) is 1.42. The van der Waals surface area contributed by atoms with Crippen LogP contribution in [-0.4, -0.2) is 44.2 Å². The molecule has 0 bridgehead atoms. The molecule has 4 rings (SSSR count). The lowest BCUT2D eigenvalue weighted by Crippen LogP contribution is -2.24. The van der Waals surface area contributed by atoms with Crippen LogP contribution in [0.4, 0.5) is 5.69 Å². The summed E-state index contributed by atoms with van der Waals surface area (Å²) in [5.74, 6) is 1.28. The van der Waals surface area contributed by atoms with Crippen molar-refractivity contribution >= 4 is 28.3 Å². The smallest absolute Gasteiger partial charge is 0.244 e. The van der Waals surface area contributed by atoms with Gasteiger partial charge in [0, 0.05) is 35.6 Å². The van der Waals surface area contributed by atoms with Crippen LogP contribution in [0.2, 0.25) is 0 Å². The van der Waals surface area contributed by atoms with E-state index in [4.69, 9.17) is 18.9 Å². The maximum atomic E-state index is 13.4. The van der Waals surface area contributed by atoms with Crippen molar-refractivity contribution in [3.8, 4) is 23.0 Å². The monoisotopic (exact) mass is 516 g/mol. The molecule has 0 aliphatic heterocycles. The third-order valence-corrected chi connectivity index (χ3v) is 5.91. The van der Waals surface area contributed by atoms with Crippen molar-refractivity contribution in [2.75, 3.05) is 33.3 Å². The first-order valence-electron chi connectivity index (χ1n) is 11.9. The third-order valence-electron chi connectivity index (χ3n) is 5.91. The predicted octanol–water partition coefficient (Wildman–Crippen LogP) is 4.30. The summed E-state index contributed by atoms with van der Waals surface area (Å²) in [7, 11) is 4.53. The van der Waals surface area contributed by atoms with Gasteiger partial charge in [0.1, 0.15) is 29.5 Å². The molecule has 0 spiro atoms. The molecule has 0 atom stereocenters. The van der Waals surface area contributed by atoms with Crippen molar-refractivity contribution in [2.45, 2.75) is 13.5 Å². The molecule has 0 unspecified atom stereocenters. The van der Waals surface area contributed by atoms with Crippen molar-refractivity contribution in [3.05, 3.63) is 88.2 Å². The van der Waals surface area contributed by atoms with Crippen molar-refractivity contribution in [1.82, 2.24) is 4.57 Å². The Bertz CT molecular complexity index is 1520. The van der Waals surface area contributed by atoms with Crippen molar-refractivity contribution < 1.29 is 28.5 Å². The molecule has 1 heterocycles. The molecule has 4 aromatic rings. The minimum Gasteiger partial charge on any atom is -0.497 e. The van der Waals surface area contributed by atoms with Crippen LogP contribution in [0.1, 0.15) is 22.8 Å². The molecule has 1 aromatic heterocycles. The topological polar surface area (TPSA) is 105 Å². The van der Waals surface area contributed by atoms with E-state index in [2.05, 4.69) is 5.32 Å². The van der Waals surface area contributed by atoms with E-state index < -0.39 is 11.2 Å². The van der Waals surface area contributed by atoms with Crippen LogP contribution in [0.3, 0.4) is 0 Å². The highest BCUT2D eigenvalue weighted by Gasteiger charge is 2.19. The molecule has 0 aliphatic rings. The van der Waals surface area contributed by atoms with Crippen molar-refractivity contribution in [3.63, 3.8) is 0 Å². The van der Waals surface area contributed by atoms with Gasteiger partial charge >= 0.3 is 0 Å². The number of nitrogens with one attached hydrogen (secondary N) is 1. The van der Waals surface area contributed by atoms with Crippen molar-refractivity contribution in [1.29, 1.82) is 0 Å². The number of nitrogens with zero attached hydrogens (tertiary/aromatic N) is 1. The highest BCUT2D eigenvalue weighted by atomic mass is 16.5. The van der Waals surface area contributed by atoms with E-state index in [1.165, 1.54) is 27.5 Å². The molecule has 9 heteroatoms. The number of aromatic nitrogens is 1. The number of anilines is 1. The summed E-state index contributed by atoms with van der Waals surface area (Å²) in [6.45, 7) is 2.20. The Hall–Kier alpha value is -4.79. The normalized spacial score (nSPS) is 10.6. The van der Waals surface area contributed by atoms with Crippen LogP contribution in [0.25, 0.3) is 10.9 Å². The quantitative estimate of drug-likeness (QED) is 0.314. The maximum absolute atomic E-state index is 13.4. The van der Waals surface area contributed by atoms with Crippen LogP contribution >= 0.6 is 0 Å². The van der Waals surface area contributed by atoms with Crippen LogP contribution < -0.4 is 29.7 Å². The Kier molecular flexibility index (Phi) is 7.96. The van der Waals surface area contributed by atoms with Gasteiger partial charge in [0.2, 0.25) is 11.3 Å². The maximum Gasteiger partial charge on any atom is 0.244 e. The molecule has 0 saturated heterocycles. The van der Waals surface area contributed by atoms with Gasteiger partial charge in [0.05, 0.1) is 44.4 Å². The van der Waals surface area contributed by atoms with Gasteiger partial charge in [-0.25, -0.2) is 0 Å². The molecule has 0 saturated carbocycles. The standard InChI is InChI=1S/C29H28N2O7/c1-5-38-20-8-6-18(7-9-20)28(33)25-16-31(26-11-10-21(35-2)15-24(26)29(25)34)17-27(32)30-19-12-22(36-3)14-23(13-19)37-4/h6-16H,5,17H2,1-4H3,(H,30,32). The van der Waals surface area contributed by atoms with E-state index in [0.29, 0.717) is 46.4 Å². The van der Waals surface area contributed by atoms with Gasteiger partial charge in [-0.15, -0.1) is 0 Å². The molecule has 1 N–H and O–H groups in total. The van der Waals surface area contributed by atoms with E-state index >= 15 is 0 Å². The molecule has 3 aromatic carbocycles. The number of hydrogen-bond acceptors (Lipinski definition) is 7. The SMILES string of the molecule is CCOc1ccc(C(=O)c2cn(CC(=O)Nc3cc(OC)cc(OC)c3)c3ccc(OC)cc3c2=O)cc1. The molecule has 1 amide bonds. The highest BCUT2D eigenvalue weighted by Crippen LogP contribution is 2.26. The fourth-order valence-corrected chi connectivity index (χ4v) is 4.06. The molecule has 0 fully saturated rings. The first kappa shape index (κ1) is 26.3. The average molecular weight is 517 g/mol. The van der Waals surface area contributed by atoms with Crippen LogP contribution in [-0.2, 0) is 11.3 Å². The molecular weight excluding hydrogens is 488 g/mol. The lowest BCUT2D eigenvalue weighted by molar-refractivity contribution is -0.116. The molecular formula is C29H28N2O7. The van der Waals surface area contributed by atoms with Gasteiger partial charge in [-0.05, 0) is 49.4 Å². The lowest BCUT2D eigenvalue weighted by Gasteiger charge is -2.15. The summed E-state index contributed by atoms with van der Waals surface area (Å²) in [5.41, 5.74) is 0.770. The van der Waals surface area contributed by atoms with Gasteiger partial charge in [0.15, 0.2) is 5.78 Å². The Morgan fingerprint density at radius 2 is 1.45 bits per heavy atom. The summed E-state index contributed by atoms with van der Waals surface area (Å²) in [6, 6.07) is 16.5. The van der Waals surface area contributed by atoms with Crippen molar-refractivity contribution in [2.24, 2.45) is 0 Å². The van der Waals surface area contributed by atoms with Crippen LogP contribution in [0, 0.1) is 0 Å². The highest BCUT2D eigenvalue weighted by molar-refractivity contribution is 6.10. The second-order valence-corrected chi connectivity index (χ2v) is 8.32. The zero-order valence-corrected chi connectivity index (χ0v) is 21.6. The number of carbonyl (C=O) groups excluding carboxylic acids is 2. The number of ketones is 1. The van der Waals surface area contributed by atoms with Crippen LogP contribution in [0.15, 0.2) is 71.7 Å². The van der Waals surface area contributed by atoms with Gasteiger partial charge in [-0.1, -0.05) is 0 Å². The lowest BCUT2D eigenvalue weighted by atomic mass is 10.0. The summed E-state index contributed by atoms with van der Waals surface area (Å²) in [5, 5.41) is 3.08. The largest absolute Gasteiger partial charge is 0.497 e. The second-order valence-electron chi connectivity index (χ2n) is 8.32. The molecule has 0 aliphatic carbocycles. The Morgan fingerprint density at radius 3 is 2.05 bits per heavy atom. The average Bonchev–Trinajstić information content (AvgIpc) is 2.94. The van der Waals surface area contributed by atoms with E-state index in [9.17, 15) is 14.4 Å². The fraction of sp³-hybridized carbons (Fsp3) is 0.207. The van der Waals surface area contributed by atoms with E-state index in [0.717, 1.165) is 0 Å². The first-order chi connectivity index (χ1) is 18.4. The van der Waals surface area contributed by atoms with E-state index in [1.54, 1.807) is 65.2 Å². The molecule has 196 valence electrons. The number of amides is 1. The number of methoxy groups -OCH3 is 3. The summed E-state index contributed by atoms with van der Waals surface area (Å²) < 4.78 is 22.8.